The van der Waals surface area contributed by atoms with Gasteiger partial charge in [0.25, 0.3) is 0 Å². The van der Waals surface area contributed by atoms with Gasteiger partial charge in [0.2, 0.25) is 0 Å². The van der Waals surface area contributed by atoms with Crippen molar-refractivity contribution in [3.05, 3.63) is 21.9 Å². The highest BCUT2D eigenvalue weighted by Gasteiger charge is 2.18. The lowest BCUT2D eigenvalue weighted by Gasteiger charge is -2.26. The Bertz CT molecular complexity index is 394. The molecule has 1 aliphatic carbocycles. The number of aromatic carboxylic acids is 1. The van der Waals surface area contributed by atoms with Crippen molar-refractivity contribution in [2.45, 2.75) is 51.1 Å². The van der Waals surface area contributed by atoms with Gasteiger partial charge in [-0.2, -0.15) is 0 Å². The van der Waals surface area contributed by atoms with Crippen molar-refractivity contribution in [1.82, 2.24) is 4.90 Å². The summed E-state index contributed by atoms with van der Waals surface area (Å²) in [6, 6.07) is 4.33. The van der Waals surface area contributed by atoms with Crippen LogP contribution in [0.3, 0.4) is 0 Å². The number of carboxylic acids is 1. The molecule has 0 radical (unpaired) electrons. The first-order valence-corrected chi connectivity index (χ1v) is 7.50. The molecular weight excluding hydrogens is 246 g/mol. The van der Waals surface area contributed by atoms with Gasteiger partial charge in [-0.1, -0.05) is 25.7 Å². The van der Waals surface area contributed by atoms with Crippen molar-refractivity contribution in [3.8, 4) is 0 Å². The van der Waals surface area contributed by atoms with Crippen molar-refractivity contribution in [3.63, 3.8) is 0 Å². The van der Waals surface area contributed by atoms with Crippen LogP contribution in [0.25, 0.3) is 0 Å². The molecule has 0 spiro atoms. The zero-order chi connectivity index (χ0) is 13.0. The summed E-state index contributed by atoms with van der Waals surface area (Å²) in [5.41, 5.74) is 0. The molecule has 0 atom stereocenters. The summed E-state index contributed by atoms with van der Waals surface area (Å²) in [4.78, 5) is 14.8. The minimum atomic E-state index is -0.816. The molecule has 1 fully saturated rings. The predicted octanol–water partition coefficient (Wildman–Crippen LogP) is 3.60. The van der Waals surface area contributed by atoms with E-state index >= 15 is 0 Å². The zero-order valence-corrected chi connectivity index (χ0v) is 11.7. The van der Waals surface area contributed by atoms with E-state index < -0.39 is 5.97 Å². The normalized spacial score (nSPS) is 17.9. The molecule has 3 nitrogen and oxygen atoms in total. The molecule has 1 aromatic rings. The number of nitrogens with zero attached hydrogens (tertiary/aromatic N) is 1. The molecule has 1 aromatic heterocycles. The van der Waals surface area contributed by atoms with E-state index in [0.717, 1.165) is 11.4 Å². The minimum Gasteiger partial charge on any atom is -0.477 e. The highest BCUT2D eigenvalue weighted by molar-refractivity contribution is 7.13. The lowest BCUT2D eigenvalue weighted by Crippen LogP contribution is -2.30. The molecule has 0 unspecified atom stereocenters. The summed E-state index contributed by atoms with van der Waals surface area (Å²) in [7, 11) is 2.16. The van der Waals surface area contributed by atoms with Gasteiger partial charge in [0.05, 0.1) is 0 Å². The first kappa shape index (κ1) is 13.6. The first-order chi connectivity index (χ1) is 8.66. The van der Waals surface area contributed by atoms with Crippen molar-refractivity contribution < 1.29 is 9.90 Å². The minimum absolute atomic E-state index is 0.444. The Morgan fingerprint density at radius 1 is 1.33 bits per heavy atom. The molecule has 0 saturated heterocycles. The summed E-state index contributed by atoms with van der Waals surface area (Å²) in [5, 5.41) is 8.91. The third kappa shape index (κ3) is 3.56. The summed E-state index contributed by atoms with van der Waals surface area (Å²) in [6.45, 7) is 0.878. The standard InChI is InChI=1S/C14H21NO2S/c1-15(11-6-4-2-3-5-7-11)10-12-8-9-13(18-12)14(16)17/h8-9,11H,2-7,10H2,1H3,(H,16,17). The van der Waals surface area contributed by atoms with Gasteiger partial charge in [-0.05, 0) is 32.0 Å². The Morgan fingerprint density at radius 2 is 2.00 bits per heavy atom. The lowest BCUT2D eigenvalue weighted by atomic mass is 10.1. The van der Waals surface area contributed by atoms with E-state index in [1.807, 2.05) is 6.07 Å². The highest BCUT2D eigenvalue weighted by Crippen LogP contribution is 2.24. The van der Waals surface area contributed by atoms with E-state index in [2.05, 4.69) is 11.9 Å². The van der Waals surface area contributed by atoms with E-state index in [-0.39, 0.29) is 0 Å². The SMILES string of the molecule is CN(Cc1ccc(C(=O)O)s1)C1CCCCCC1. The first-order valence-electron chi connectivity index (χ1n) is 6.69. The molecule has 1 saturated carbocycles. The Balaban J connectivity index is 1.92. The molecule has 18 heavy (non-hydrogen) atoms. The second kappa shape index (κ2) is 6.34. The fourth-order valence-corrected chi connectivity index (χ4v) is 3.56. The van der Waals surface area contributed by atoms with Crippen LogP contribution >= 0.6 is 11.3 Å². The van der Waals surface area contributed by atoms with Crippen molar-refractivity contribution in [2.24, 2.45) is 0 Å². The van der Waals surface area contributed by atoms with Crippen LogP contribution in [0.15, 0.2) is 12.1 Å². The van der Waals surface area contributed by atoms with Crippen LogP contribution in [0, 0.1) is 0 Å². The molecule has 2 rings (SSSR count). The van der Waals surface area contributed by atoms with Gasteiger partial charge in [0.15, 0.2) is 0 Å². The third-order valence-electron chi connectivity index (χ3n) is 3.73. The predicted molar refractivity (Wildman–Crippen MR) is 74.2 cm³/mol. The van der Waals surface area contributed by atoms with Crippen molar-refractivity contribution in [1.29, 1.82) is 0 Å². The van der Waals surface area contributed by atoms with E-state index in [1.54, 1.807) is 6.07 Å². The second-order valence-electron chi connectivity index (χ2n) is 5.13. The molecule has 1 heterocycles. The summed E-state index contributed by atoms with van der Waals surface area (Å²) < 4.78 is 0. The van der Waals surface area contributed by atoms with Gasteiger partial charge < -0.3 is 5.11 Å². The smallest absolute Gasteiger partial charge is 0.345 e. The van der Waals surface area contributed by atoms with Crippen molar-refractivity contribution in [2.75, 3.05) is 7.05 Å². The van der Waals surface area contributed by atoms with Crippen LogP contribution in [0.1, 0.15) is 53.1 Å². The number of hydrogen-bond acceptors (Lipinski definition) is 3. The average molecular weight is 267 g/mol. The topological polar surface area (TPSA) is 40.5 Å². The molecule has 0 bridgehead atoms. The Labute approximate surface area is 112 Å². The molecular formula is C14H21NO2S. The molecule has 0 amide bonds. The van der Waals surface area contributed by atoms with Gasteiger partial charge in [-0.25, -0.2) is 4.79 Å². The lowest BCUT2D eigenvalue weighted by molar-refractivity contribution is 0.0702. The molecule has 0 aliphatic heterocycles. The zero-order valence-electron chi connectivity index (χ0n) is 10.9. The van der Waals surface area contributed by atoms with Crippen molar-refractivity contribution >= 4 is 17.3 Å². The number of carboxylic acid groups (broad SMARTS) is 1. The van der Waals surface area contributed by atoms with Crippen LogP contribution in [0.4, 0.5) is 0 Å². The maximum atomic E-state index is 10.8. The van der Waals surface area contributed by atoms with Crippen LogP contribution in [0.5, 0.6) is 0 Å². The number of thiophene rings is 1. The maximum Gasteiger partial charge on any atom is 0.345 e. The van der Waals surface area contributed by atoms with Gasteiger partial charge in [-0.15, -0.1) is 11.3 Å². The van der Waals surface area contributed by atoms with Gasteiger partial charge >= 0.3 is 5.97 Å². The quantitative estimate of drug-likeness (QED) is 0.847. The third-order valence-corrected chi connectivity index (χ3v) is 4.78. The molecule has 0 aromatic carbocycles. The summed E-state index contributed by atoms with van der Waals surface area (Å²) >= 11 is 1.40. The fraction of sp³-hybridized carbons (Fsp3) is 0.643. The highest BCUT2D eigenvalue weighted by atomic mass is 32.1. The Hall–Kier alpha value is -0.870. The second-order valence-corrected chi connectivity index (χ2v) is 6.30. The molecule has 4 heteroatoms. The van der Waals surface area contributed by atoms with Crippen LogP contribution in [-0.4, -0.2) is 29.1 Å². The van der Waals surface area contributed by atoms with Gasteiger partial charge in [-0.3, -0.25) is 4.90 Å². The van der Waals surface area contributed by atoms with E-state index in [9.17, 15) is 4.79 Å². The van der Waals surface area contributed by atoms with Crippen LogP contribution in [0.2, 0.25) is 0 Å². The number of rotatable bonds is 4. The van der Waals surface area contributed by atoms with Crippen LogP contribution < -0.4 is 0 Å². The average Bonchev–Trinajstić information content (AvgIpc) is 2.64. The molecule has 100 valence electrons. The summed E-state index contributed by atoms with van der Waals surface area (Å²) in [5.74, 6) is -0.816. The molecule has 1 N–H and O–H groups in total. The monoisotopic (exact) mass is 267 g/mol. The van der Waals surface area contributed by atoms with E-state index in [1.165, 1.54) is 49.9 Å². The number of carbonyl (C=O) groups is 1. The van der Waals surface area contributed by atoms with E-state index in [0.29, 0.717) is 10.9 Å². The fourth-order valence-electron chi connectivity index (χ4n) is 2.65. The van der Waals surface area contributed by atoms with Crippen LogP contribution in [-0.2, 0) is 6.54 Å². The van der Waals surface area contributed by atoms with Gasteiger partial charge in [0, 0.05) is 17.5 Å². The van der Waals surface area contributed by atoms with Gasteiger partial charge in [0.1, 0.15) is 4.88 Å². The number of hydrogen-bond donors (Lipinski definition) is 1. The summed E-state index contributed by atoms with van der Waals surface area (Å²) in [6.07, 6.45) is 7.97. The Kier molecular flexibility index (Phi) is 4.78. The molecule has 1 aliphatic rings. The maximum absolute atomic E-state index is 10.8. The largest absolute Gasteiger partial charge is 0.477 e. The Morgan fingerprint density at radius 3 is 2.56 bits per heavy atom. The van der Waals surface area contributed by atoms with E-state index in [4.69, 9.17) is 5.11 Å².